The lowest BCUT2D eigenvalue weighted by atomic mass is 10.0. The minimum atomic E-state index is -0.240. The summed E-state index contributed by atoms with van der Waals surface area (Å²) in [5.41, 5.74) is 3.21. The summed E-state index contributed by atoms with van der Waals surface area (Å²) < 4.78 is 5.25. The summed E-state index contributed by atoms with van der Waals surface area (Å²) in [6.45, 7) is 6.91. The Morgan fingerprint density at radius 2 is 1.80 bits per heavy atom. The van der Waals surface area contributed by atoms with Crippen LogP contribution in [0.3, 0.4) is 0 Å². The van der Waals surface area contributed by atoms with Gasteiger partial charge in [0, 0.05) is 12.2 Å². The zero-order valence-corrected chi connectivity index (χ0v) is 15.7. The van der Waals surface area contributed by atoms with Gasteiger partial charge in [0.1, 0.15) is 5.75 Å². The van der Waals surface area contributed by atoms with E-state index in [-0.39, 0.29) is 11.9 Å². The molecular weight excluding hydrogens is 312 g/mol. The predicted octanol–water partition coefficient (Wildman–Crippen LogP) is 4.28. The Bertz CT molecular complexity index is 695. The number of methoxy groups -OCH3 is 1. The van der Waals surface area contributed by atoms with Gasteiger partial charge in [-0.2, -0.15) is 0 Å². The molecule has 2 rings (SSSR count). The first kappa shape index (κ1) is 19.0. The number of anilines is 1. The van der Waals surface area contributed by atoms with E-state index in [0.29, 0.717) is 12.5 Å². The van der Waals surface area contributed by atoms with Crippen molar-refractivity contribution in [3.8, 4) is 5.75 Å². The number of hydrogen-bond acceptors (Lipinski definition) is 3. The van der Waals surface area contributed by atoms with Gasteiger partial charge in [-0.3, -0.25) is 9.69 Å². The van der Waals surface area contributed by atoms with Crippen LogP contribution in [0.15, 0.2) is 48.5 Å². The third-order valence-corrected chi connectivity index (χ3v) is 4.45. The molecule has 0 saturated heterocycles. The van der Waals surface area contributed by atoms with E-state index in [1.165, 1.54) is 5.56 Å². The fraction of sp³-hybridized carbons (Fsp3) is 0.381. The molecule has 1 N–H and O–H groups in total. The van der Waals surface area contributed by atoms with E-state index in [4.69, 9.17) is 4.74 Å². The van der Waals surface area contributed by atoms with Crippen LogP contribution in [0.1, 0.15) is 37.8 Å². The number of amides is 1. The summed E-state index contributed by atoms with van der Waals surface area (Å²) in [6.07, 6.45) is 0. The fourth-order valence-electron chi connectivity index (χ4n) is 2.59. The number of ether oxygens (including phenoxy) is 1. The Kier molecular flexibility index (Phi) is 6.59. The Morgan fingerprint density at radius 1 is 1.12 bits per heavy atom. The van der Waals surface area contributed by atoms with E-state index in [1.807, 2.05) is 55.3 Å². The predicted molar refractivity (Wildman–Crippen MR) is 103 cm³/mol. The number of nitrogens with zero attached hydrogens (tertiary/aromatic N) is 1. The molecule has 1 atom stereocenters. The Hall–Kier alpha value is -2.33. The summed E-state index contributed by atoms with van der Waals surface area (Å²) in [4.78, 5) is 14.5. The lowest BCUT2D eigenvalue weighted by molar-refractivity contribution is -0.120. The molecule has 2 aromatic rings. The average Bonchev–Trinajstić information content (AvgIpc) is 2.61. The second-order valence-corrected chi connectivity index (χ2v) is 6.71. The van der Waals surface area contributed by atoms with E-state index in [2.05, 4.69) is 31.3 Å². The monoisotopic (exact) mass is 340 g/mol. The Labute approximate surface area is 150 Å². The van der Waals surface area contributed by atoms with E-state index in [0.717, 1.165) is 17.0 Å². The van der Waals surface area contributed by atoms with E-state index in [1.54, 1.807) is 7.11 Å². The van der Waals surface area contributed by atoms with Crippen LogP contribution in [0.2, 0.25) is 0 Å². The van der Waals surface area contributed by atoms with Crippen LogP contribution in [0.5, 0.6) is 5.75 Å². The summed E-state index contributed by atoms with van der Waals surface area (Å²) in [7, 11) is 3.61. The van der Waals surface area contributed by atoms with Crippen LogP contribution in [0.25, 0.3) is 0 Å². The normalized spacial score (nSPS) is 12.3. The average molecular weight is 340 g/mol. The molecule has 0 aromatic heterocycles. The Morgan fingerprint density at radius 3 is 2.40 bits per heavy atom. The van der Waals surface area contributed by atoms with Crippen molar-refractivity contribution >= 4 is 11.6 Å². The van der Waals surface area contributed by atoms with Crippen molar-refractivity contribution in [3.05, 3.63) is 59.7 Å². The zero-order valence-electron chi connectivity index (χ0n) is 15.7. The van der Waals surface area contributed by atoms with Crippen LogP contribution in [0, 0.1) is 0 Å². The maximum Gasteiger partial charge on any atom is 0.241 e. The molecule has 4 heteroatoms. The molecule has 2 aromatic carbocycles. The van der Waals surface area contributed by atoms with E-state index in [9.17, 15) is 4.79 Å². The number of likely N-dealkylation sites (N-methyl/N-ethyl adjacent to an activating group) is 1. The van der Waals surface area contributed by atoms with Gasteiger partial charge in [0.05, 0.1) is 13.2 Å². The molecule has 0 fully saturated rings. The van der Waals surface area contributed by atoms with Crippen LogP contribution in [-0.4, -0.2) is 31.0 Å². The van der Waals surface area contributed by atoms with Crippen molar-refractivity contribution in [2.75, 3.05) is 19.5 Å². The SMILES string of the molecule is COc1cccc(CN(C)[C@@H](C)C(=O)Nc2ccc(C(C)C)cc2)c1. The van der Waals surface area contributed by atoms with Crippen molar-refractivity contribution in [3.63, 3.8) is 0 Å². The van der Waals surface area contributed by atoms with Gasteiger partial charge in [-0.25, -0.2) is 0 Å². The number of carbonyl (C=O) groups excluding carboxylic acids is 1. The molecule has 0 aliphatic heterocycles. The van der Waals surface area contributed by atoms with Gasteiger partial charge in [0.25, 0.3) is 0 Å². The van der Waals surface area contributed by atoms with E-state index < -0.39 is 0 Å². The van der Waals surface area contributed by atoms with Crippen molar-refractivity contribution in [2.45, 2.75) is 39.3 Å². The molecule has 0 saturated carbocycles. The highest BCUT2D eigenvalue weighted by Crippen LogP contribution is 2.18. The maximum atomic E-state index is 12.5. The van der Waals surface area contributed by atoms with Crippen molar-refractivity contribution in [1.82, 2.24) is 4.90 Å². The van der Waals surface area contributed by atoms with Gasteiger partial charge in [-0.1, -0.05) is 38.1 Å². The first-order chi connectivity index (χ1) is 11.9. The molecule has 4 nitrogen and oxygen atoms in total. The highest BCUT2D eigenvalue weighted by atomic mass is 16.5. The van der Waals surface area contributed by atoms with Crippen molar-refractivity contribution in [2.24, 2.45) is 0 Å². The molecule has 0 unspecified atom stereocenters. The number of nitrogens with one attached hydrogen (secondary N) is 1. The maximum absolute atomic E-state index is 12.5. The lowest BCUT2D eigenvalue weighted by Gasteiger charge is -2.24. The quantitative estimate of drug-likeness (QED) is 0.818. The molecular formula is C21H28N2O2. The summed E-state index contributed by atoms with van der Waals surface area (Å²) in [5.74, 6) is 1.30. The van der Waals surface area contributed by atoms with Crippen LogP contribution < -0.4 is 10.1 Å². The van der Waals surface area contributed by atoms with Crippen LogP contribution in [0.4, 0.5) is 5.69 Å². The molecule has 0 bridgehead atoms. The van der Waals surface area contributed by atoms with Gasteiger partial charge in [0.15, 0.2) is 0 Å². The molecule has 0 heterocycles. The minimum Gasteiger partial charge on any atom is -0.497 e. The molecule has 1 amide bonds. The highest BCUT2D eigenvalue weighted by molar-refractivity contribution is 5.94. The zero-order chi connectivity index (χ0) is 18.4. The van der Waals surface area contributed by atoms with Gasteiger partial charge in [-0.05, 0) is 55.3 Å². The molecule has 0 aliphatic carbocycles. The molecule has 134 valence electrons. The van der Waals surface area contributed by atoms with Crippen molar-refractivity contribution in [1.29, 1.82) is 0 Å². The second kappa shape index (κ2) is 8.67. The van der Waals surface area contributed by atoms with Gasteiger partial charge < -0.3 is 10.1 Å². The summed E-state index contributed by atoms with van der Waals surface area (Å²) in [6, 6.07) is 15.7. The molecule has 25 heavy (non-hydrogen) atoms. The summed E-state index contributed by atoms with van der Waals surface area (Å²) in [5, 5.41) is 2.99. The topological polar surface area (TPSA) is 41.6 Å². The van der Waals surface area contributed by atoms with E-state index >= 15 is 0 Å². The number of hydrogen-bond donors (Lipinski definition) is 1. The largest absolute Gasteiger partial charge is 0.497 e. The smallest absolute Gasteiger partial charge is 0.241 e. The fourth-order valence-corrected chi connectivity index (χ4v) is 2.59. The number of rotatable bonds is 7. The molecule has 0 radical (unpaired) electrons. The highest BCUT2D eigenvalue weighted by Gasteiger charge is 2.18. The molecule has 0 spiro atoms. The third kappa shape index (κ3) is 5.33. The number of benzene rings is 2. The minimum absolute atomic E-state index is 0.0114. The Balaban J connectivity index is 1.95. The number of carbonyl (C=O) groups is 1. The molecule has 0 aliphatic rings. The van der Waals surface area contributed by atoms with Crippen LogP contribution in [-0.2, 0) is 11.3 Å². The first-order valence-electron chi connectivity index (χ1n) is 8.64. The second-order valence-electron chi connectivity index (χ2n) is 6.71. The van der Waals surface area contributed by atoms with Gasteiger partial charge in [-0.15, -0.1) is 0 Å². The van der Waals surface area contributed by atoms with Crippen LogP contribution >= 0.6 is 0 Å². The standard InChI is InChI=1S/C21H28N2O2/c1-15(2)18-9-11-19(12-10-18)22-21(24)16(3)23(4)14-17-7-6-8-20(13-17)25-5/h6-13,15-16H,14H2,1-5H3,(H,22,24)/t16-/m0/s1. The lowest BCUT2D eigenvalue weighted by Crippen LogP contribution is -2.39. The van der Waals surface area contributed by atoms with Gasteiger partial charge in [0.2, 0.25) is 5.91 Å². The first-order valence-corrected chi connectivity index (χ1v) is 8.64. The summed E-state index contributed by atoms with van der Waals surface area (Å²) >= 11 is 0. The van der Waals surface area contributed by atoms with Gasteiger partial charge >= 0.3 is 0 Å². The third-order valence-electron chi connectivity index (χ3n) is 4.45. The van der Waals surface area contributed by atoms with Crippen molar-refractivity contribution < 1.29 is 9.53 Å².